The highest BCUT2D eigenvalue weighted by Gasteiger charge is 2.27. The number of morpholine rings is 1. The largest absolute Gasteiger partial charge is 0.478 e. The molecule has 0 spiro atoms. The van der Waals surface area contributed by atoms with Gasteiger partial charge < -0.3 is 9.84 Å². The summed E-state index contributed by atoms with van der Waals surface area (Å²) in [6.45, 7) is 4.04. The second-order valence-electron chi connectivity index (χ2n) is 5.84. The van der Waals surface area contributed by atoms with Gasteiger partial charge in [0.15, 0.2) is 0 Å². The Labute approximate surface area is 135 Å². The molecular weight excluding hydrogens is 292 g/mol. The first kappa shape index (κ1) is 15.6. The van der Waals surface area contributed by atoms with Gasteiger partial charge in [0.1, 0.15) is 0 Å². The fourth-order valence-corrected chi connectivity index (χ4v) is 2.99. The molecule has 23 heavy (non-hydrogen) atoms. The number of hydrogen-bond acceptors (Lipinski definition) is 4. The number of aromatic nitrogens is 1. The van der Waals surface area contributed by atoms with Crippen molar-refractivity contribution >= 4 is 5.97 Å². The number of ether oxygens (including phenoxy) is 1. The zero-order valence-electron chi connectivity index (χ0n) is 13.1. The Kier molecular flexibility index (Phi) is 4.69. The van der Waals surface area contributed by atoms with Crippen LogP contribution in [0.15, 0.2) is 48.7 Å². The van der Waals surface area contributed by atoms with E-state index in [-0.39, 0.29) is 17.8 Å². The fourth-order valence-electron chi connectivity index (χ4n) is 2.99. The third-order valence-corrected chi connectivity index (χ3v) is 4.00. The van der Waals surface area contributed by atoms with E-state index >= 15 is 0 Å². The third kappa shape index (κ3) is 3.75. The predicted molar refractivity (Wildman–Crippen MR) is 86.2 cm³/mol. The molecule has 0 aliphatic carbocycles. The van der Waals surface area contributed by atoms with Gasteiger partial charge >= 0.3 is 5.97 Å². The molecule has 0 bridgehead atoms. The molecule has 1 aromatic heterocycles. The number of rotatable bonds is 4. The summed E-state index contributed by atoms with van der Waals surface area (Å²) in [7, 11) is 0. The molecule has 0 radical (unpaired) electrons. The summed E-state index contributed by atoms with van der Waals surface area (Å²) in [6.07, 6.45) is 1.73. The van der Waals surface area contributed by atoms with Crippen LogP contribution in [0.1, 0.15) is 34.6 Å². The topological polar surface area (TPSA) is 62.7 Å². The number of pyridine rings is 1. The maximum absolute atomic E-state index is 11.3. The first-order chi connectivity index (χ1) is 11.1. The molecular formula is C18H20N2O3. The molecule has 5 heteroatoms. The van der Waals surface area contributed by atoms with Crippen LogP contribution in [0.5, 0.6) is 0 Å². The smallest absolute Gasteiger partial charge is 0.337 e. The molecule has 1 fully saturated rings. The summed E-state index contributed by atoms with van der Waals surface area (Å²) in [5, 5.41) is 9.29. The molecule has 1 aliphatic rings. The van der Waals surface area contributed by atoms with E-state index in [1.807, 2.05) is 25.1 Å². The van der Waals surface area contributed by atoms with Crippen molar-refractivity contribution in [3.05, 3.63) is 65.5 Å². The molecule has 1 saturated heterocycles. The van der Waals surface area contributed by atoms with Crippen molar-refractivity contribution in [2.45, 2.75) is 25.7 Å². The van der Waals surface area contributed by atoms with Crippen molar-refractivity contribution in [1.82, 2.24) is 9.88 Å². The van der Waals surface area contributed by atoms with Crippen molar-refractivity contribution in [1.29, 1.82) is 0 Å². The molecule has 1 aliphatic heterocycles. The van der Waals surface area contributed by atoms with E-state index in [4.69, 9.17) is 4.74 Å². The Morgan fingerprint density at radius 1 is 1.26 bits per heavy atom. The van der Waals surface area contributed by atoms with Crippen LogP contribution in [0.3, 0.4) is 0 Å². The van der Waals surface area contributed by atoms with Crippen molar-refractivity contribution in [3.63, 3.8) is 0 Å². The maximum atomic E-state index is 11.3. The van der Waals surface area contributed by atoms with Crippen LogP contribution in [-0.2, 0) is 11.3 Å². The molecule has 0 saturated carbocycles. The molecule has 1 aromatic carbocycles. The number of carbonyl (C=O) groups is 1. The molecule has 2 aromatic rings. The van der Waals surface area contributed by atoms with E-state index in [1.165, 1.54) is 0 Å². The van der Waals surface area contributed by atoms with Gasteiger partial charge in [0.05, 0.1) is 23.5 Å². The van der Waals surface area contributed by atoms with Crippen molar-refractivity contribution < 1.29 is 14.6 Å². The summed E-state index contributed by atoms with van der Waals surface area (Å²) in [6, 6.07) is 13.4. The summed E-state index contributed by atoms with van der Waals surface area (Å²) >= 11 is 0. The summed E-state index contributed by atoms with van der Waals surface area (Å²) < 4.78 is 6.04. The molecule has 5 nitrogen and oxygen atoms in total. The van der Waals surface area contributed by atoms with Crippen LogP contribution in [0, 0.1) is 0 Å². The van der Waals surface area contributed by atoms with Gasteiger partial charge in [-0.05, 0) is 24.6 Å². The second-order valence-corrected chi connectivity index (χ2v) is 5.84. The molecule has 1 N–H and O–H groups in total. The maximum Gasteiger partial charge on any atom is 0.337 e. The number of hydrogen-bond donors (Lipinski definition) is 1. The van der Waals surface area contributed by atoms with Gasteiger partial charge in [-0.15, -0.1) is 0 Å². The quantitative estimate of drug-likeness (QED) is 0.940. The summed E-state index contributed by atoms with van der Waals surface area (Å²) in [4.78, 5) is 17.8. The van der Waals surface area contributed by atoms with Crippen molar-refractivity contribution in [2.24, 2.45) is 0 Å². The van der Waals surface area contributed by atoms with E-state index < -0.39 is 5.97 Å². The van der Waals surface area contributed by atoms with Gasteiger partial charge in [-0.3, -0.25) is 9.88 Å². The lowest BCUT2D eigenvalue weighted by atomic mass is 10.1. The Bertz CT molecular complexity index is 675. The molecule has 3 rings (SSSR count). The van der Waals surface area contributed by atoms with E-state index in [0.717, 1.165) is 18.7 Å². The Morgan fingerprint density at radius 3 is 2.78 bits per heavy atom. The Balaban J connectivity index is 1.77. The summed E-state index contributed by atoms with van der Waals surface area (Å²) in [5.74, 6) is -0.936. The molecule has 0 unspecified atom stereocenters. The molecule has 0 amide bonds. The monoisotopic (exact) mass is 312 g/mol. The van der Waals surface area contributed by atoms with Crippen LogP contribution in [0.25, 0.3) is 0 Å². The highest BCUT2D eigenvalue weighted by atomic mass is 16.5. The van der Waals surface area contributed by atoms with Crippen molar-refractivity contribution in [3.8, 4) is 0 Å². The van der Waals surface area contributed by atoms with Crippen molar-refractivity contribution in [2.75, 3.05) is 13.1 Å². The Morgan fingerprint density at radius 2 is 2.04 bits per heavy atom. The average molecular weight is 312 g/mol. The number of benzene rings is 1. The van der Waals surface area contributed by atoms with E-state index in [0.29, 0.717) is 12.2 Å². The minimum Gasteiger partial charge on any atom is -0.478 e. The molecule has 120 valence electrons. The van der Waals surface area contributed by atoms with E-state index in [9.17, 15) is 9.90 Å². The standard InChI is InChI=1S/C18H20N2O3/c1-13-10-20(11-16-15(18(21)22)8-5-9-19-16)12-17(23-13)14-6-3-2-4-7-14/h2-9,13,17H,10-12H2,1H3,(H,21,22)/t13-,17-/m1/s1. The first-order valence-corrected chi connectivity index (χ1v) is 7.73. The van der Waals surface area contributed by atoms with Crippen LogP contribution < -0.4 is 0 Å². The zero-order chi connectivity index (χ0) is 16.2. The lowest BCUT2D eigenvalue weighted by molar-refractivity contribution is -0.0817. The Hall–Kier alpha value is -2.24. The minimum absolute atomic E-state index is 0.00283. The fraction of sp³-hybridized carbons (Fsp3) is 0.333. The molecule has 2 atom stereocenters. The predicted octanol–water partition coefficient (Wildman–Crippen LogP) is 2.74. The lowest BCUT2D eigenvalue weighted by Gasteiger charge is -2.37. The van der Waals surface area contributed by atoms with Gasteiger partial charge in [-0.1, -0.05) is 30.3 Å². The SMILES string of the molecule is C[C@@H]1CN(Cc2ncccc2C(=O)O)C[C@H](c2ccccc2)O1. The molecule has 2 heterocycles. The third-order valence-electron chi connectivity index (χ3n) is 4.00. The van der Waals surface area contributed by atoms with Crippen LogP contribution in [0.2, 0.25) is 0 Å². The highest BCUT2D eigenvalue weighted by molar-refractivity contribution is 5.88. The van der Waals surface area contributed by atoms with Gasteiger partial charge in [0, 0.05) is 25.8 Å². The average Bonchev–Trinajstić information content (AvgIpc) is 2.55. The minimum atomic E-state index is -0.936. The van der Waals surface area contributed by atoms with Crippen LogP contribution >= 0.6 is 0 Å². The zero-order valence-corrected chi connectivity index (χ0v) is 13.1. The van der Waals surface area contributed by atoms with Gasteiger partial charge in [0.2, 0.25) is 0 Å². The van der Waals surface area contributed by atoms with Gasteiger partial charge in [0.25, 0.3) is 0 Å². The van der Waals surface area contributed by atoms with E-state index in [1.54, 1.807) is 18.3 Å². The number of nitrogens with zero attached hydrogens (tertiary/aromatic N) is 2. The van der Waals surface area contributed by atoms with Crippen LogP contribution in [0.4, 0.5) is 0 Å². The first-order valence-electron chi connectivity index (χ1n) is 7.73. The van der Waals surface area contributed by atoms with Gasteiger partial charge in [-0.25, -0.2) is 4.79 Å². The van der Waals surface area contributed by atoms with Crippen LogP contribution in [-0.4, -0.2) is 40.2 Å². The number of carboxylic acids is 1. The summed E-state index contributed by atoms with van der Waals surface area (Å²) in [5.41, 5.74) is 2.01. The highest BCUT2D eigenvalue weighted by Crippen LogP contribution is 2.26. The number of aromatic carboxylic acids is 1. The number of carboxylic acid groups (broad SMARTS) is 1. The van der Waals surface area contributed by atoms with E-state index in [2.05, 4.69) is 22.0 Å². The van der Waals surface area contributed by atoms with Gasteiger partial charge in [-0.2, -0.15) is 0 Å². The second kappa shape index (κ2) is 6.89. The normalized spacial score (nSPS) is 22.0. The lowest BCUT2D eigenvalue weighted by Crippen LogP contribution is -2.42.